The summed E-state index contributed by atoms with van der Waals surface area (Å²) in [6, 6.07) is 11.1. The minimum Gasteiger partial charge on any atom is -0.497 e. The van der Waals surface area contributed by atoms with Gasteiger partial charge in [0.05, 0.1) is 30.9 Å². The number of ether oxygens (including phenoxy) is 2. The first-order valence-electron chi connectivity index (χ1n) is 8.72. The maximum Gasteiger partial charge on any atom is 0.296 e. The fourth-order valence-corrected chi connectivity index (χ4v) is 3.62. The molecular formula is C19H18N4O6S. The Morgan fingerprint density at radius 1 is 1.20 bits per heavy atom. The molecule has 2 aromatic rings. The van der Waals surface area contributed by atoms with Crippen LogP contribution in [0.3, 0.4) is 0 Å². The lowest BCUT2D eigenvalue weighted by molar-refractivity contribution is -0.384. The van der Waals surface area contributed by atoms with Crippen LogP contribution in [0.15, 0.2) is 47.5 Å². The van der Waals surface area contributed by atoms with Gasteiger partial charge in [0.1, 0.15) is 22.4 Å². The van der Waals surface area contributed by atoms with E-state index in [1.807, 2.05) is 0 Å². The van der Waals surface area contributed by atoms with E-state index in [4.69, 9.17) is 9.47 Å². The quantitative estimate of drug-likeness (QED) is 0.510. The predicted octanol–water partition coefficient (Wildman–Crippen LogP) is 2.86. The van der Waals surface area contributed by atoms with E-state index in [9.17, 15) is 19.7 Å². The number of nitrogens with one attached hydrogen (secondary N) is 2. The number of nitrogens with zero attached hydrogens (tertiary/aromatic N) is 2. The highest BCUT2D eigenvalue weighted by Gasteiger charge is 2.32. The van der Waals surface area contributed by atoms with Gasteiger partial charge in [-0.25, -0.2) is 4.99 Å². The van der Waals surface area contributed by atoms with E-state index in [0.29, 0.717) is 22.4 Å². The standard InChI is InChI=1S/C19H18N4O6S/c1-28-12-5-3-11(4-6-12)20-19-22-18(25)16(30-19)10-17(24)21-14-8-7-13(29-2)9-15(14)23(26)27/h3-9,16H,10H2,1-2H3,(H,21,24)(H,20,22,25)/t16-/m0/s1. The Hall–Kier alpha value is -3.60. The molecule has 2 amide bonds. The molecule has 0 unspecified atom stereocenters. The van der Waals surface area contributed by atoms with Gasteiger partial charge in [-0.15, -0.1) is 0 Å². The third-order valence-corrected chi connectivity index (χ3v) is 5.21. The van der Waals surface area contributed by atoms with Crippen LogP contribution in [0.1, 0.15) is 6.42 Å². The molecular weight excluding hydrogens is 412 g/mol. The smallest absolute Gasteiger partial charge is 0.296 e. The van der Waals surface area contributed by atoms with Gasteiger partial charge in [-0.3, -0.25) is 19.7 Å². The molecule has 0 aliphatic carbocycles. The zero-order valence-corrected chi connectivity index (χ0v) is 16.9. The number of thioether (sulfide) groups is 1. The minimum absolute atomic E-state index is 0.0290. The van der Waals surface area contributed by atoms with Crippen molar-refractivity contribution in [2.45, 2.75) is 11.7 Å². The summed E-state index contributed by atoms with van der Waals surface area (Å²) in [6.45, 7) is 0. The first kappa shape index (κ1) is 21.1. The van der Waals surface area contributed by atoms with Crippen molar-refractivity contribution >= 4 is 45.8 Å². The van der Waals surface area contributed by atoms with E-state index >= 15 is 0 Å². The van der Waals surface area contributed by atoms with Crippen molar-refractivity contribution in [3.63, 3.8) is 0 Å². The number of hydrogen-bond donors (Lipinski definition) is 2. The number of amides is 2. The van der Waals surface area contributed by atoms with Crippen LogP contribution in [0.25, 0.3) is 0 Å². The average Bonchev–Trinajstić information content (AvgIpc) is 3.07. The van der Waals surface area contributed by atoms with Gasteiger partial charge in [0, 0.05) is 6.42 Å². The molecule has 10 nitrogen and oxygen atoms in total. The van der Waals surface area contributed by atoms with Crippen molar-refractivity contribution in [1.82, 2.24) is 5.32 Å². The molecule has 1 fully saturated rings. The average molecular weight is 430 g/mol. The monoisotopic (exact) mass is 430 g/mol. The van der Waals surface area contributed by atoms with Gasteiger partial charge < -0.3 is 20.1 Å². The van der Waals surface area contributed by atoms with Gasteiger partial charge in [-0.2, -0.15) is 0 Å². The first-order valence-corrected chi connectivity index (χ1v) is 9.60. The van der Waals surface area contributed by atoms with Crippen molar-refractivity contribution in [3.8, 4) is 11.5 Å². The molecule has 1 saturated heterocycles. The van der Waals surface area contributed by atoms with Crippen molar-refractivity contribution in [2.75, 3.05) is 19.5 Å². The van der Waals surface area contributed by atoms with E-state index < -0.39 is 16.1 Å². The van der Waals surface area contributed by atoms with Crippen molar-refractivity contribution in [1.29, 1.82) is 0 Å². The summed E-state index contributed by atoms with van der Waals surface area (Å²) in [6.07, 6.45) is -0.165. The minimum atomic E-state index is -0.695. The number of carbonyl (C=O) groups is 2. The Kier molecular flexibility index (Phi) is 6.52. The molecule has 156 valence electrons. The molecule has 1 aliphatic rings. The summed E-state index contributed by atoms with van der Waals surface area (Å²) < 4.78 is 10.1. The number of carbonyl (C=O) groups excluding carboxylic acids is 2. The number of methoxy groups -OCH3 is 2. The van der Waals surface area contributed by atoms with E-state index in [2.05, 4.69) is 15.6 Å². The summed E-state index contributed by atoms with van der Waals surface area (Å²) in [4.78, 5) is 39.5. The van der Waals surface area contributed by atoms with Gasteiger partial charge in [0.25, 0.3) is 5.69 Å². The summed E-state index contributed by atoms with van der Waals surface area (Å²) in [5.74, 6) is 0.0994. The molecule has 3 rings (SSSR count). The van der Waals surface area contributed by atoms with Crippen LogP contribution in [-0.2, 0) is 9.59 Å². The Labute approximate surface area is 175 Å². The second-order valence-electron chi connectivity index (χ2n) is 6.10. The number of benzene rings is 2. The largest absolute Gasteiger partial charge is 0.497 e. The van der Waals surface area contributed by atoms with E-state index in [1.54, 1.807) is 31.4 Å². The normalized spacial score (nSPS) is 16.8. The number of rotatable bonds is 7. The SMILES string of the molecule is COc1ccc(N=C2NC(=O)[C@H](CC(=O)Nc3ccc(OC)cc3[N+](=O)[O-])S2)cc1. The van der Waals surface area contributed by atoms with Crippen LogP contribution in [0.5, 0.6) is 11.5 Å². The number of aliphatic imine (C=N–C) groups is 1. The van der Waals surface area contributed by atoms with Crippen LogP contribution in [0, 0.1) is 10.1 Å². The first-order chi connectivity index (χ1) is 14.4. The number of nitro groups is 1. The highest BCUT2D eigenvalue weighted by Crippen LogP contribution is 2.30. The van der Waals surface area contributed by atoms with Crippen LogP contribution < -0.4 is 20.1 Å². The van der Waals surface area contributed by atoms with Gasteiger partial charge in [0.2, 0.25) is 11.8 Å². The molecule has 1 aliphatic heterocycles. The maximum absolute atomic E-state index is 12.4. The van der Waals surface area contributed by atoms with Crippen molar-refractivity contribution in [2.24, 2.45) is 4.99 Å². The highest BCUT2D eigenvalue weighted by molar-refractivity contribution is 8.15. The Morgan fingerprint density at radius 2 is 1.87 bits per heavy atom. The fourth-order valence-electron chi connectivity index (χ4n) is 2.63. The molecule has 0 spiro atoms. The van der Waals surface area contributed by atoms with E-state index in [1.165, 1.54) is 25.3 Å². The summed E-state index contributed by atoms with van der Waals surface area (Å²) >= 11 is 1.12. The maximum atomic E-state index is 12.4. The van der Waals surface area contributed by atoms with Gasteiger partial charge in [-0.1, -0.05) is 11.8 Å². The zero-order valence-electron chi connectivity index (χ0n) is 16.1. The molecule has 0 aromatic heterocycles. The molecule has 11 heteroatoms. The molecule has 0 bridgehead atoms. The van der Waals surface area contributed by atoms with Gasteiger partial charge in [0.15, 0.2) is 5.17 Å². The van der Waals surface area contributed by atoms with E-state index in [0.717, 1.165) is 11.8 Å². The number of amidine groups is 1. The predicted molar refractivity (Wildman–Crippen MR) is 113 cm³/mol. The lowest BCUT2D eigenvalue weighted by Crippen LogP contribution is -2.28. The Bertz CT molecular complexity index is 1010. The third kappa shape index (κ3) is 5.06. The van der Waals surface area contributed by atoms with Crippen LogP contribution >= 0.6 is 11.8 Å². The van der Waals surface area contributed by atoms with Crippen LogP contribution in [0.4, 0.5) is 17.1 Å². The lowest BCUT2D eigenvalue weighted by atomic mass is 10.2. The highest BCUT2D eigenvalue weighted by atomic mass is 32.2. The molecule has 2 aromatic carbocycles. The van der Waals surface area contributed by atoms with Gasteiger partial charge in [-0.05, 0) is 36.4 Å². The molecule has 30 heavy (non-hydrogen) atoms. The number of nitro benzene ring substituents is 1. The van der Waals surface area contributed by atoms with Crippen LogP contribution in [0.2, 0.25) is 0 Å². The molecule has 0 saturated carbocycles. The summed E-state index contributed by atoms with van der Waals surface area (Å²) in [5, 5.41) is 16.0. The Balaban J connectivity index is 1.65. The lowest BCUT2D eigenvalue weighted by Gasteiger charge is -2.09. The Morgan fingerprint density at radius 3 is 2.50 bits per heavy atom. The molecule has 1 atom stereocenters. The zero-order chi connectivity index (χ0) is 21.7. The van der Waals surface area contributed by atoms with E-state index in [-0.39, 0.29) is 23.7 Å². The molecule has 1 heterocycles. The number of hydrogen-bond acceptors (Lipinski definition) is 8. The van der Waals surface area contributed by atoms with Crippen molar-refractivity contribution in [3.05, 3.63) is 52.6 Å². The third-order valence-electron chi connectivity index (χ3n) is 4.13. The summed E-state index contributed by atoms with van der Waals surface area (Å²) in [5.41, 5.74) is 0.354. The number of anilines is 1. The fraction of sp³-hybridized carbons (Fsp3) is 0.211. The van der Waals surface area contributed by atoms with Crippen molar-refractivity contribution < 1.29 is 24.0 Å². The van der Waals surface area contributed by atoms with Gasteiger partial charge >= 0.3 is 0 Å². The molecule has 2 N–H and O–H groups in total. The van der Waals surface area contributed by atoms with Crippen LogP contribution in [-0.4, -0.2) is 41.4 Å². The summed E-state index contributed by atoms with van der Waals surface area (Å²) in [7, 11) is 2.95. The second-order valence-corrected chi connectivity index (χ2v) is 7.29. The topological polar surface area (TPSA) is 132 Å². The molecule has 0 radical (unpaired) electrons. The second kappa shape index (κ2) is 9.27.